The van der Waals surface area contributed by atoms with Crippen LogP contribution in [0.1, 0.15) is 95.5 Å². The Hall–Kier alpha value is -8.83. The van der Waals surface area contributed by atoms with Gasteiger partial charge in [-0.2, -0.15) is 4.98 Å². The minimum Gasteiger partial charge on any atom is -0.508 e. The number of aromatic nitrogens is 6. The van der Waals surface area contributed by atoms with E-state index in [2.05, 4.69) is 25.6 Å². The van der Waals surface area contributed by atoms with E-state index in [1.807, 2.05) is 0 Å². The van der Waals surface area contributed by atoms with Gasteiger partial charge >= 0.3 is 46.5 Å². The lowest BCUT2D eigenvalue weighted by Crippen LogP contribution is -2.33. The summed E-state index contributed by atoms with van der Waals surface area (Å²) in [5.74, 6) is -2.34. The summed E-state index contributed by atoms with van der Waals surface area (Å²) < 4.78 is 129. The first-order valence-electron chi connectivity index (χ1n) is 34.3. The van der Waals surface area contributed by atoms with Crippen LogP contribution in [0.2, 0.25) is 0 Å². The van der Waals surface area contributed by atoms with Crippen molar-refractivity contribution in [1.82, 2.24) is 39.3 Å². The predicted molar refractivity (Wildman–Crippen MR) is 384 cm³/mol. The summed E-state index contributed by atoms with van der Waals surface area (Å²) in [6.07, 6.45) is -3.31. The summed E-state index contributed by atoms with van der Waals surface area (Å²) in [5, 5.41) is 47.2. The molecule has 43 heteroatoms. The third-order valence-electron chi connectivity index (χ3n) is 17.5. The zero-order valence-corrected chi connectivity index (χ0v) is 62.3. The highest BCUT2D eigenvalue weighted by Crippen LogP contribution is 2.56. The van der Waals surface area contributed by atoms with Crippen molar-refractivity contribution < 1.29 is 117 Å². The molecule has 596 valence electrons. The highest BCUT2D eigenvalue weighted by Gasteiger charge is 2.47. The van der Waals surface area contributed by atoms with Gasteiger partial charge in [0.05, 0.1) is 76.7 Å². The number of aromatic amines is 2. The fourth-order valence-electron chi connectivity index (χ4n) is 12.0. The molecular formula is C67H82N9O31P3. The number of ether oxygens (including phenoxy) is 5. The van der Waals surface area contributed by atoms with Crippen LogP contribution in [0.15, 0.2) is 119 Å². The Kier molecular flexibility index (Phi) is 28.8. The Morgan fingerprint density at radius 3 is 1.92 bits per heavy atom. The average molecular weight is 1600 g/mol. The number of unbranched alkanes of at least 4 members (excludes halogenated alkanes) is 3. The number of phosphoric acid groups is 3. The average Bonchev–Trinajstić information content (AvgIpc) is 1.32. The number of aliphatic hydroxyl groups is 2. The van der Waals surface area contributed by atoms with Gasteiger partial charge in [-0.3, -0.25) is 88.4 Å². The van der Waals surface area contributed by atoms with Crippen molar-refractivity contribution in [2.24, 2.45) is 0 Å². The molecule has 3 aromatic heterocycles. The molecule has 0 bridgehead atoms. The molecule has 10 N–H and O–H groups in total. The lowest BCUT2D eigenvalue weighted by atomic mass is 9.89. The maximum absolute atomic E-state index is 14.3. The summed E-state index contributed by atoms with van der Waals surface area (Å²) in [4.78, 5) is 123. The third-order valence-corrected chi connectivity index (χ3v) is 21.9. The molecule has 3 saturated heterocycles. The number of aryl methyl sites for hydroxylation is 1. The maximum Gasteiger partial charge on any atom is 0.474 e. The quantitative estimate of drug-likeness (QED) is 0.0113. The highest BCUT2D eigenvalue weighted by atomic mass is 31.2. The summed E-state index contributed by atoms with van der Waals surface area (Å²) >= 11 is 0. The number of carboxylic acid groups (broad SMARTS) is 1. The Bertz CT molecular complexity index is 4970. The second-order valence-electron chi connectivity index (χ2n) is 25.0. The second-order valence-corrected chi connectivity index (χ2v) is 30.2. The number of carboxylic acids is 1. The second kappa shape index (κ2) is 37.9. The number of amides is 2. The van der Waals surface area contributed by atoms with E-state index < -0.39 is 151 Å². The minimum atomic E-state index is -4.73. The van der Waals surface area contributed by atoms with Crippen molar-refractivity contribution in [3.63, 3.8) is 0 Å². The lowest BCUT2D eigenvalue weighted by molar-refractivity contribution is -0.116. The number of H-pyrrole nitrogens is 2. The van der Waals surface area contributed by atoms with E-state index in [1.165, 1.54) is 73.9 Å². The molecule has 10 rings (SSSR count). The van der Waals surface area contributed by atoms with E-state index in [4.69, 9.17) is 74.5 Å². The molecule has 2 aromatic carbocycles. The van der Waals surface area contributed by atoms with Crippen LogP contribution < -0.4 is 50.0 Å². The summed E-state index contributed by atoms with van der Waals surface area (Å²) in [5.41, 5.74) is 2.24. The van der Waals surface area contributed by atoms with Crippen LogP contribution in [0.3, 0.4) is 0 Å². The van der Waals surface area contributed by atoms with Crippen molar-refractivity contribution in [3.05, 3.63) is 170 Å². The smallest absolute Gasteiger partial charge is 0.474 e. The van der Waals surface area contributed by atoms with Crippen LogP contribution in [0.25, 0.3) is 39.5 Å². The number of carbonyl (C=O) groups is 3. The van der Waals surface area contributed by atoms with Gasteiger partial charge in [0.15, 0.2) is 5.43 Å². The largest absolute Gasteiger partial charge is 0.508 e. The van der Waals surface area contributed by atoms with Gasteiger partial charge in [0.2, 0.25) is 5.91 Å². The number of phosphoric ester groups is 3. The van der Waals surface area contributed by atoms with Crippen LogP contribution in [0, 0.1) is 6.92 Å². The number of hydrogen-bond acceptors (Lipinski definition) is 32. The summed E-state index contributed by atoms with van der Waals surface area (Å²) in [7, 11) is -10.5. The molecule has 0 radical (unpaired) electrons. The standard InChI is InChI=1S/C67H82N9O31P3/c1-38-33-75(66(88)72-61(38)82)58-31-50(52(35-77)103-58)106-110(92,95-4)101-37-54-51(107-109(91,94-3)99-26-24-97-22-21-96-23-25-98-108(90,93-2)100-36-53-47(80)30-57(104-53)74-20-17-55(68)71-65(74)87)32-59(105-54)76-34-40(63(84)73-67(76)89)10-16-56(81)69-18-7-5-6-8-19-70-62(83)39-9-13-43(64(85)86)46(27-39)60-44-14-11-41(78)28-48(44)102-49-29-42(79)12-15-45(49)60/h9-17,20,27-29,33-34,47,50-54,57-59,77-78,80H,5-8,18-19,21-26,30-32,35-37H2,1-4H3,(H,69,81)(H,70,83)(H,85,86)(H2,68,71,87)(H,72,82,88)(H,73,84,89)/b16-10+/t47-,50-,51-,52-,53-,54-,57-,58-,59-,108?,109?,110?/m1/s1. The molecular weight excluding hydrogens is 1520 g/mol. The van der Waals surface area contributed by atoms with Gasteiger partial charge in [-0.15, -0.1) is 0 Å². The number of nitrogens with one attached hydrogen (secondary N) is 4. The van der Waals surface area contributed by atoms with Gasteiger partial charge in [0, 0.05) is 118 Å². The molecule has 3 fully saturated rings. The monoisotopic (exact) mass is 1600 g/mol. The molecule has 0 saturated carbocycles. The number of hydrogen-bond donors (Lipinski definition) is 9. The number of aliphatic hydroxyl groups excluding tert-OH is 2. The van der Waals surface area contributed by atoms with Gasteiger partial charge in [0.1, 0.15) is 72.1 Å². The fraction of sp³-hybridized carbons (Fsp3) is 0.463. The Balaban J connectivity index is 0.708. The summed E-state index contributed by atoms with van der Waals surface area (Å²) in [6, 6.07) is 13.9. The van der Waals surface area contributed by atoms with Gasteiger partial charge in [-0.25, -0.2) is 32.9 Å². The number of fused-ring (bicyclic) bond motifs is 2. The molecule has 12 atom stereocenters. The fourth-order valence-corrected chi connectivity index (χ4v) is 15.1. The van der Waals surface area contributed by atoms with Crippen molar-refractivity contribution in [1.29, 1.82) is 0 Å². The van der Waals surface area contributed by atoms with Crippen molar-refractivity contribution in [2.45, 2.75) is 107 Å². The van der Waals surface area contributed by atoms with Crippen LogP contribution >= 0.6 is 23.5 Å². The molecule has 0 spiro atoms. The molecule has 7 heterocycles. The van der Waals surface area contributed by atoms with Gasteiger partial charge in [0.25, 0.3) is 17.0 Å². The Morgan fingerprint density at radius 1 is 0.664 bits per heavy atom. The number of carbonyl (C=O) groups excluding carboxylic acids is 2. The first-order chi connectivity index (χ1) is 52.6. The molecule has 110 heavy (non-hydrogen) atoms. The molecule has 5 aliphatic rings. The third kappa shape index (κ3) is 21.4. The zero-order chi connectivity index (χ0) is 79.0. The number of aromatic carboxylic acids is 1. The number of anilines is 1. The van der Waals surface area contributed by atoms with E-state index in [1.54, 1.807) is 6.07 Å². The lowest BCUT2D eigenvalue weighted by Gasteiger charge is -2.26. The highest BCUT2D eigenvalue weighted by molar-refractivity contribution is 7.49. The molecule has 40 nitrogen and oxygen atoms in total. The van der Waals surface area contributed by atoms with Crippen LogP contribution in [0.5, 0.6) is 5.75 Å². The number of phenols is 1. The maximum atomic E-state index is 14.3. The minimum absolute atomic E-state index is 0.00238. The van der Waals surface area contributed by atoms with Crippen LogP contribution in [-0.2, 0) is 82.9 Å². The first kappa shape index (κ1) is 83.6. The van der Waals surface area contributed by atoms with Crippen molar-refractivity contribution >= 4 is 64.1 Å². The molecule has 1 aliphatic carbocycles. The zero-order valence-electron chi connectivity index (χ0n) is 59.6. The topological polar surface area (TPSA) is 537 Å². The van der Waals surface area contributed by atoms with Crippen LogP contribution in [0.4, 0.5) is 5.82 Å². The number of rotatable bonds is 40. The van der Waals surface area contributed by atoms with E-state index in [0.717, 1.165) is 53.4 Å². The van der Waals surface area contributed by atoms with Gasteiger partial charge < -0.3 is 64.9 Å². The van der Waals surface area contributed by atoms with E-state index in [0.29, 0.717) is 42.2 Å². The van der Waals surface area contributed by atoms with Crippen molar-refractivity contribution in [2.75, 3.05) is 99.6 Å². The van der Waals surface area contributed by atoms with E-state index in [9.17, 15) is 77.3 Å². The summed E-state index contributed by atoms with van der Waals surface area (Å²) in [6.45, 7) is -1.14. The number of benzene rings is 3. The van der Waals surface area contributed by atoms with Crippen molar-refractivity contribution in [3.8, 4) is 28.2 Å². The molecule has 3 unspecified atom stereocenters. The first-order valence-corrected chi connectivity index (χ1v) is 38.7. The SMILES string of the molecule is COP(=O)(OCCOCCOCCOP(=O)(OC)O[C@@H]1C[C@H](n2cc(/C=C/C(=O)NCCCCCCNC(=O)c3ccc(C(=O)O)c(-c4c5ccc(=O)cc-5oc5cc(O)ccc45)c3)c(=O)[nH]c2=O)O[C@@H]1COP(=O)(OC)O[C@@H]1C[C@H](n2cc(C)c(=O)[nH]c2=O)O[C@@H]1CO)OC[C@H]1O[C@@H](n2ccc(N)nc2=O)C[C@H]1O. The van der Waals surface area contributed by atoms with Gasteiger partial charge in [-0.05, 0) is 79.9 Å². The van der Waals surface area contributed by atoms with E-state index in [-0.39, 0.29) is 122 Å². The molecule has 4 aliphatic heterocycles. The number of aromatic hydroxyl groups is 1. The van der Waals surface area contributed by atoms with Crippen LogP contribution in [-0.4, -0.2) is 197 Å². The Morgan fingerprint density at radius 2 is 1.25 bits per heavy atom. The van der Waals surface area contributed by atoms with E-state index >= 15 is 0 Å². The number of phenolic OH excluding ortho intramolecular Hbond substituents is 1. The number of nitrogen functional groups attached to an aromatic ring is 1. The predicted octanol–water partition coefficient (Wildman–Crippen LogP) is 3.99. The molecule has 5 aromatic rings. The Labute approximate surface area is 623 Å². The van der Waals surface area contributed by atoms with Gasteiger partial charge in [-0.1, -0.05) is 12.8 Å². The number of nitrogens with two attached hydrogens (primary N) is 1. The molecule has 2 amide bonds. The normalized spacial score (nSPS) is 21.6. The number of nitrogens with zero attached hydrogens (tertiary/aromatic N) is 4.